The Bertz CT molecular complexity index is 1490. The van der Waals surface area contributed by atoms with Crippen molar-refractivity contribution >= 4 is 19.7 Å². The third kappa shape index (κ3) is 6.29. The summed E-state index contributed by atoms with van der Waals surface area (Å²) in [5, 5.41) is 0. The topological polar surface area (TPSA) is 94.3 Å². The highest BCUT2D eigenvalue weighted by Crippen LogP contribution is 2.25. The fourth-order valence-corrected chi connectivity index (χ4v) is 6.29. The fraction of sp³-hybridized carbons (Fsp3) is 0.172. The SMILES string of the molecule is Cc1ccc(S(=O)(=O)c2ccc(C)cc2)cc1.Cc1ccc(S(=O)(=O)c2ccc(C)cc2CN)cc1. The van der Waals surface area contributed by atoms with Crippen molar-refractivity contribution in [3.8, 4) is 0 Å². The van der Waals surface area contributed by atoms with Crippen LogP contribution >= 0.6 is 0 Å². The Hall–Kier alpha value is -3.26. The molecular formula is C29H31NO4S2. The van der Waals surface area contributed by atoms with E-state index in [0.717, 1.165) is 22.3 Å². The summed E-state index contributed by atoms with van der Waals surface area (Å²) in [4.78, 5) is 1.28. The van der Waals surface area contributed by atoms with Crippen LogP contribution in [0.3, 0.4) is 0 Å². The quantitative estimate of drug-likeness (QED) is 0.362. The van der Waals surface area contributed by atoms with Crippen LogP contribution in [0.5, 0.6) is 0 Å². The van der Waals surface area contributed by atoms with Crippen molar-refractivity contribution in [1.82, 2.24) is 0 Å². The van der Waals surface area contributed by atoms with E-state index in [1.54, 1.807) is 84.9 Å². The van der Waals surface area contributed by atoms with Gasteiger partial charge in [0.1, 0.15) is 0 Å². The van der Waals surface area contributed by atoms with E-state index in [-0.39, 0.29) is 6.54 Å². The highest BCUT2D eigenvalue weighted by Gasteiger charge is 2.20. The van der Waals surface area contributed by atoms with E-state index in [1.165, 1.54) is 0 Å². The van der Waals surface area contributed by atoms with Crippen molar-refractivity contribution < 1.29 is 16.8 Å². The van der Waals surface area contributed by atoms with Crippen LogP contribution in [0.1, 0.15) is 27.8 Å². The predicted octanol–water partition coefficient (Wildman–Crippen LogP) is 5.73. The van der Waals surface area contributed by atoms with E-state index >= 15 is 0 Å². The van der Waals surface area contributed by atoms with Gasteiger partial charge in [-0.2, -0.15) is 0 Å². The molecule has 4 aromatic rings. The van der Waals surface area contributed by atoms with E-state index in [2.05, 4.69) is 0 Å². The van der Waals surface area contributed by atoms with Crippen molar-refractivity contribution in [2.24, 2.45) is 5.73 Å². The van der Waals surface area contributed by atoms with Gasteiger partial charge in [0.25, 0.3) is 0 Å². The molecule has 0 atom stereocenters. The van der Waals surface area contributed by atoms with Crippen LogP contribution in [-0.2, 0) is 26.2 Å². The summed E-state index contributed by atoms with van der Waals surface area (Å²) >= 11 is 0. The summed E-state index contributed by atoms with van der Waals surface area (Å²) in [5.41, 5.74) is 10.4. The number of benzene rings is 4. The van der Waals surface area contributed by atoms with Crippen LogP contribution in [-0.4, -0.2) is 16.8 Å². The molecule has 0 aliphatic carbocycles. The molecule has 0 heterocycles. The van der Waals surface area contributed by atoms with Crippen LogP contribution in [0.15, 0.2) is 111 Å². The maximum Gasteiger partial charge on any atom is 0.206 e. The van der Waals surface area contributed by atoms with Gasteiger partial charge in [-0.1, -0.05) is 70.8 Å². The molecule has 0 amide bonds. The molecule has 188 valence electrons. The van der Waals surface area contributed by atoms with Crippen molar-refractivity contribution in [2.45, 2.75) is 53.8 Å². The molecule has 4 rings (SSSR count). The first kappa shape index (κ1) is 27.3. The van der Waals surface area contributed by atoms with Gasteiger partial charge in [0.05, 0.1) is 19.6 Å². The lowest BCUT2D eigenvalue weighted by Gasteiger charge is -2.10. The van der Waals surface area contributed by atoms with Crippen molar-refractivity contribution in [3.63, 3.8) is 0 Å². The number of hydrogen-bond donors (Lipinski definition) is 1. The lowest BCUT2D eigenvalue weighted by Crippen LogP contribution is -2.09. The first-order chi connectivity index (χ1) is 16.9. The lowest BCUT2D eigenvalue weighted by molar-refractivity contribution is 0.593. The number of nitrogens with two attached hydrogens (primary N) is 1. The van der Waals surface area contributed by atoms with Gasteiger partial charge in [0, 0.05) is 6.54 Å². The second-order valence-electron chi connectivity index (χ2n) is 8.76. The number of aryl methyl sites for hydroxylation is 4. The van der Waals surface area contributed by atoms with Crippen molar-refractivity contribution in [2.75, 3.05) is 0 Å². The molecule has 0 spiro atoms. The average Bonchev–Trinajstić information content (AvgIpc) is 2.85. The summed E-state index contributed by atoms with van der Waals surface area (Å²) in [6.07, 6.45) is 0. The van der Waals surface area contributed by atoms with Gasteiger partial charge in [-0.05, 0) is 75.7 Å². The maximum atomic E-state index is 12.6. The molecule has 2 N–H and O–H groups in total. The molecule has 0 saturated heterocycles. The minimum atomic E-state index is -3.50. The summed E-state index contributed by atoms with van der Waals surface area (Å²) in [5.74, 6) is 0. The van der Waals surface area contributed by atoms with Crippen LogP contribution in [0, 0.1) is 27.7 Å². The van der Waals surface area contributed by atoms with Gasteiger partial charge in [0.15, 0.2) is 0 Å². The van der Waals surface area contributed by atoms with E-state index in [0.29, 0.717) is 25.1 Å². The lowest BCUT2D eigenvalue weighted by atomic mass is 10.1. The zero-order valence-electron chi connectivity index (χ0n) is 20.9. The summed E-state index contributed by atoms with van der Waals surface area (Å²) in [6, 6.07) is 25.9. The van der Waals surface area contributed by atoms with E-state index in [1.807, 2.05) is 33.8 Å². The molecule has 0 bridgehead atoms. The molecule has 0 aliphatic rings. The summed E-state index contributed by atoms with van der Waals surface area (Å²) < 4.78 is 49.7. The largest absolute Gasteiger partial charge is 0.326 e. The van der Waals surface area contributed by atoms with E-state index in [4.69, 9.17) is 5.73 Å². The van der Waals surface area contributed by atoms with Crippen LogP contribution < -0.4 is 5.73 Å². The Balaban J connectivity index is 0.000000202. The monoisotopic (exact) mass is 521 g/mol. The standard InChI is InChI=1S/C15H17NO2S.C14H14O2S/c1-11-3-6-14(7-4-11)19(17,18)15-8-5-12(2)9-13(15)10-16;1-11-3-7-13(8-4-11)17(15,16)14-9-5-12(2)6-10-14/h3-9H,10,16H2,1-2H3;3-10H,1-2H3. The molecule has 36 heavy (non-hydrogen) atoms. The summed E-state index contributed by atoms with van der Waals surface area (Å²) in [7, 11) is -6.87. The highest BCUT2D eigenvalue weighted by molar-refractivity contribution is 7.91. The second kappa shape index (κ2) is 11.2. The Morgan fingerprint density at radius 3 is 1.19 bits per heavy atom. The number of sulfone groups is 2. The van der Waals surface area contributed by atoms with Crippen molar-refractivity contribution in [3.05, 3.63) is 119 Å². The molecule has 0 fully saturated rings. The van der Waals surface area contributed by atoms with Crippen LogP contribution in [0.25, 0.3) is 0 Å². The van der Waals surface area contributed by atoms with Gasteiger partial charge >= 0.3 is 0 Å². The highest BCUT2D eigenvalue weighted by atomic mass is 32.2. The molecule has 0 radical (unpaired) electrons. The Kier molecular flexibility index (Phi) is 8.51. The Labute approximate surface area is 214 Å². The summed E-state index contributed by atoms with van der Waals surface area (Å²) in [6.45, 7) is 7.92. The molecule has 0 aliphatic heterocycles. The molecular weight excluding hydrogens is 490 g/mol. The molecule has 7 heteroatoms. The van der Waals surface area contributed by atoms with E-state index in [9.17, 15) is 16.8 Å². The van der Waals surface area contributed by atoms with Gasteiger partial charge in [-0.25, -0.2) is 16.8 Å². The van der Waals surface area contributed by atoms with Gasteiger partial charge < -0.3 is 5.73 Å². The van der Waals surface area contributed by atoms with Gasteiger partial charge in [-0.3, -0.25) is 0 Å². The minimum Gasteiger partial charge on any atom is -0.326 e. The van der Waals surface area contributed by atoms with E-state index < -0.39 is 19.7 Å². The zero-order valence-corrected chi connectivity index (χ0v) is 22.5. The number of rotatable bonds is 5. The van der Waals surface area contributed by atoms with Crippen molar-refractivity contribution in [1.29, 1.82) is 0 Å². The molecule has 0 aromatic heterocycles. The zero-order chi connectivity index (χ0) is 26.5. The fourth-order valence-electron chi connectivity index (χ4n) is 3.55. The van der Waals surface area contributed by atoms with Gasteiger partial charge in [0.2, 0.25) is 19.7 Å². The van der Waals surface area contributed by atoms with Gasteiger partial charge in [-0.15, -0.1) is 0 Å². The molecule has 4 aromatic carbocycles. The first-order valence-electron chi connectivity index (χ1n) is 11.4. The third-order valence-electron chi connectivity index (χ3n) is 5.72. The molecule has 0 saturated carbocycles. The minimum absolute atomic E-state index is 0.210. The molecule has 0 unspecified atom stereocenters. The average molecular weight is 522 g/mol. The molecule has 5 nitrogen and oxygen atoms in total. The van der Waals surface area contributed by atoms with Crippen LogP contribution in [0.4, 0.5) is 0 Å². The van der Waals surface area contributed by atoms with Crippen LogP contribution in [0.2, 0.25) is 0 Å². The number of hydrogen-bond acceptors (Lipinski definition) is 5. The smallest absolute Gasteiger partial charge is 0.206 e. The predicted molar refractivity (Wildman–Crippen MR) is 144 cm³/mol. The third-order valence-corrected chi connectivity index (χ3v) is 9.37. The first-order valence-corrected chi connectivity index (χ1v) is 14.4. The normalized spacial score (nSPS) is 11.5. The Morgan fingerprint density at radius 2 is 0.833 bits per heavy atom. The maximum absolute atomic E-state index is 12.6. The Morgan fingerprint density at radius 1 is 0.500 bits per heavy atom. The second-order valence-corrected chi connectivity index (χ2v) is 12.6.